The maximum Gasteiger partial charge on any atom is 0.193 e. The Hall–Kier alpha value is -0.770. The Balaban J connectivity index is 1.72. The van der Waals surface area contributed by atoms with Crippen molar-refractivity contribution in [3.63, 3.8) is 0 Å². The molecule has 0 aromatic heterocycles. The first kappa shape index (κ1) is 14.6. The van der Waals surface area contributed by atoms with E-state index in [0.717, 1.165) is 31.6 Å². The van der Waals surface area contributed by atoms with Gasteiger partial charge in [0.05, 0.1) is 0 Å². The number of nitrogens with one attached hydrogen (secondary N) is 1. The molecule has 19 heavy (non-hydrogen) atoms. The van der Waals surface area contributed by atoms with Crippen molar-refractivity contribution < 1.29 is 4.74 Å². The first-order valence-corrected chi connectivity index (χ1v) is 7.55. The Labute approximate surface area is 117 Å². The van der Waals surface area contributed by atoms with Gasteiger partial charge in [0.2, 0.25) is 0 Å². The molecular weight excluding hydrogens is 238 g/mol. The lowest BCUT2D eigenvalue weighted by Crippen LogP contribution is -2.42. The number of nitrogens with zero attached hydrogens (tertiary/aromatic N) is 2. The van der Waals surface area contributed by atoms with Crippen molar-refractivity contribution >= 4 is 5.96 Å². The molecule has 0 aromatic carbocycles. The maximum atomic E-state index is 5.41. The largest absolute Gasteiger partial charge is 0.381 e. The summed E-state index contributed by atoms with van der Waals surface area (Å²) in [5.74, 6) is 1.87. The molecule has 1 N–H and O–H groups in total. The average Bonchev–Trinajstić information content (AvgIpc) is 3.01. The monoisotopic (exact) mass is 267 g/mol. The molecule has 1 saturated heterocycles. The summed E-state index contributed by atoms with van der Waals surface area (Å²) in [4.78, 5) is 6.67. The van der Waals surface area contributed by atoms with Crippen molar-refractivity contribution in [2.45, 2.75) is 45.6 Å². The first-order valence-electron chi connectivity index (χ1n) is 7.55. The van der Waals surface area contributed by atoms with Gasteiger partial charge in [0.25, 0.3) is 0 Å². The number of hydrogen-bond donors (Lipinski definition) is 1. The molecule has 0 aromatic rings. The summed E-state index contributed by atoms with van der Waals surface area (Å²) in [7, 11) is 4.02. The first-order chi connectivity index (χ1) is 9.03. The lowest BCUT2D eigenvalue weighted by Gasteiger charge is -2.27. The summed E-state index contributed by atoms with van der Waals surface area (Å²) in [6, 6.07) is 0.594. The molecule has 0 bridgehead atoms. The molecule has 2 aliphatic rings. The van der Waals surface area contributed by atoms with Crippen molar-refractivity contribution in [1.82, 2.24) is 10.2 Å². The van der Waals surface area contributed by atoms with Crippen LogP contribution in [0, 0.1) is 11.3 Å². The molecule has 0 amide bonds. The van der Waals surface area contributed by atoms with Gasteiger partial charge in [0.1, 0.15) is 0 Å². The third-order valence-electron chi connectivity index (χ3n) is 4.60. The van der Waals surface area contributed by atoms with Crippen LogP contribution in [0.3, 0.4) is 0 Å². The van der Waals surface area contributed by atoms with E-state index in [2.05, 4.69) is 36.1 Å². The SMILES string of the molecule is CN=C(NC1CC1(C)C)N(C)CCC1CCOCC1. The zero-order valence-electron chi connectivity index (χ0n) is 12.9. The van der Waals surface area contributed by atoms with Crippen LogP contribution in [0.1, 0.15) is 39.5 Å². The topological polar surface area (TPSA) is 36.9 Å². The number of rotatable bonds is 4. The fourth-order valence-corrected chi connectivity index (χ4v) is 2.73. The lowest BCUT2D eigenvalue weighted by molar-refractivity contribution is 0.0625. The molecule has 2 fully saturated rings. The second kappa shape index (κ2) is 6.12. The zero-order valence-corrected chi connectivity index (χ0v) is 12.9. The van der Waals surface area contributed by atoms with Gasteiger partial charge in [0, 0.05) is 39.9 Å². The number of ether oxygens (including phenoxy) is 1. The average molecular weight is 267 g/mol. The molecule has 1 unspecified atom stereocenters. The molecule has 110 valence electrons. The zero-order chi connectivity index (χ0) is 13.9. The van der Waals surface area contributed by atoms with Gasteiger partial charge in [-0.1, -0.05) is 13.8 Å². The highest BCUT2D eigenvalue weighted by Gasteiger charge is 2.46. The van der Waals surface area contributed by atoms with Crippen molar-refractivity contribution in [2.75, 3.05) is 33.9 Å². The molecular formula is C15H29N3O. The normalized spacial score (nSPS) is 27.2. The minimum absolute atomic E-state index is 0.442. The van der Waals surface area contributed by atoms with E-state index in [4.69, 9.17) is 4.74 Å². The van der Waals surface area contributed by atoms with E-state index >= 15 is 0 Å². The molecule has 4 nitrogen and oxygen atoms in total. The Morgan fingerprint density at radius 2 is 2.00 bits per heavy atom. The van der Waals surface area contributed by atoms with Crippen LogP contribution in [0.5, 0.6) is 0 Å². The molecule has 1 aliphatic carbocycles. The van der Waals surface area contributed by atoms with E-state index < -0.39 is 0 Å². The molecule has 1 saturated carbocycles. The molecule has 0 spiro atoms. The number of hydrogen-bond acceptors (Lipinski definition) is 2. The fraction of sp³-hybridized carbons (Fsp3) is 0.933. The maximum absolute atomic E-state index is 5.41. The minimum Gasteiger partial charge on any atom is -0.381 e. The summed E-state index contributed by atoms with van der Waals surface area (Å²) in [5, 5.41) is 3.57. The van der Waals surface area contributed by atoms with Crippen molar-refractivity contribution in [2.24, 2.45) is 16.3 Å². The predicted octanol–water partition coefficient (Wildman–Crippen LogP) is 2.11. The van der Waals surface area contributed by atoms with Crippen LogP contribution < -0.4 is 5.32 Å². The molecule has 4 heteroatoms. The minimum atomic E-state index is 0.442. The van der Waals surface area contributed by atoms with E-state index in [9.17, 15) is 0 Å². The second-order valence-electron chi connectivity index (χ2n) is 6.70. The van der Waals surface area contributed by atoms with Crippen LogP contribution in [0.25, 0.3) is 0 Å². The third kappa shape index (κ3) is 4.10. The van der Waals surface area contributed by atoms with Gasteiger partial charge in [-0.2, -0.15) is 0 Å². The van der Waals surface area contributed by atoms with Crippen LogP contribution in [0.2, 0.25) is 0 Å². The number of guanidine groups is 1. The number of aliphatic imine (C=N–C) groups is 1. The Morgan fingerprint density at radius 3 is 2.53 bits per heavy atom. The smallest absolute Gasteiger partial charge is 0.193 e. The van der Waals surface area contributed by atoms with Crippen LogP contribution in [0.15, 0.2) is 4.99 Å². The standard InChI is InChI=1S/C15H29N3O/c1-15(2)11-13(15)17-14(16-3)18(4)8-5-12-6-9-19-10-7-12/h12-13H,5-11H2,1-4H3,(H,16,17). The molecule has 1 aliphatic heterocycles. The van der Waals surface area contributed by atoms with E-state index in [1.54, 1.807) is 0 Å². The fourth-order valence-electron chi connectivity index (χ4n) is 2.73. The van der Waals surface area contributed by atoms with Crippen LogP contribution in [-0.2, 0) is 4.74 Å². The highest BCUT2D eigenvalue weighted by atomic mass is 16.5. The van der Waals surface area contributed by atoms with Gasteiger partial charge in [-0.25, -0.2) is 0 Å². The Morgan fingerprint density at radius 1 is 1.37 bits per heavy atom. The van der Waals surface area contributed by atoms with Gasteiger partial charge >= 0.3 is 0 Å². The highest BCUT2D eigenvalue weighted by Crippen LogP contribution is 2.44. The lowest BCUT2D eigenvalue weighted by atomic mass is 9.96. The van der Waals surface area contributed by atoms with Crippen molar-refractivity contribution in [3.05, 3.63) is 0 Å². The van der Waals surface area contributed by atoms with Gasteiger partial charge in [0.15, 0.2) is 5.96 Å². The Kier molecular flexibility index (Phi) is 4.71. The van der Waals surface area contributed by atoms with Gasteiger partial charge in [-0.15, -0.1) is 0 Å². The molecule has 2 rings (SSSR count). The molecule has 1 heterocycles. The second-order valence-corrected chi connectivity index (χ2v) is 6.70. The Bertz CT molecular complexity index is 321. The predicted molar refractivity (Wildman–Crippen MR) is 79.5 cm³/mol. The van der Waals surface area contributed by atoms with Crippen LogP contribution >= 0.6 is 0 Å². The molecule has 0 radical (unpaired) electrons. The van der Waals surface area contributed by atoms with Crippen molar-refractivity contribution in [1.29, 1.82) is 0 Å². The van der Waals surface area contributed by atoms with E-state index in [1.165, 1.54) is 25.7 Å². The van der Waals surface area contributed by atoms with E-state index in [-0.39, 0.29) is 0 Å². The van der Waals surface area contributed by atoms with Crippen molar-refractivity contribution in [3.8, 4) is 0 Å². The summed E-state index contributed by atoms with van der Waals surface area (Å²) in [5.41, 5.74) is 0.442. The van der Waals surface area contributed by atoms with Crippen LogP contribution in [-0.4, -0.2) is 50.8 Å². The summed E-state index contributed by atoms with van der Waals surface area (Å²) in [6.07, 6.45) is 4.93. The quantitative estimate of drug-likeness (QED) is 0.626. The third-order valence-corrected chi connectivity index (χ3v) is 4.60. The van der Waals surface area contributed by atoms with E-state index in [0.29, 0.717) is 11.5 Å². The van der Waals surface area contributed by atoms with Gasteiger partial charge < -0.3 is 15.0 Å². The highest BCUT2D eigenvalue weighted by molar-refractivity contribution is 5.80. The summed E-state index contributed by atoms with van der Waals surface area (Å²) >= 11 is 0. The van der Waals surface area contributed by atoms with Crippen LogP contribution in [0.4, 0.5) is 0 Å². The van der Waals surface area contributed by atoms with Gasteiger partial charge in [-0.05, 0) is 37.0 Å². The van der Waals surface area contributed by atoms with Gasteiger partial charge in [-0.3, -0.25) is 4.99 Å². The summed E-state index contributed by atoms with van der Waals surface area (Å²) < 4.78 is 5.41. The van der Waals surface area contributed by atoms with E-state index in [1.807, 2.05) is 7.05 Å². The molecule has 1 atom stereocenters. The summed E-state index contributed by atoms with van der Waals surface area (Å²) in [6.45, 7) is 7.58.